The molecule has 0 aliphatic heterocycles. The van der Waals surface area contributed by atoms with E-state index in [4.69, 9.17) is 4.74 Å². The van der Waals surface area contributed by atoms with Gasteiger partial charge in [0.2, 0.25) is 0 Å². The molecule has 1 aliphatic carbocycles. The van der Waals surface area contributed by atoms with E-state index in [0.717, 1.165) is 18.9 Å². The maximum atomic E-state index is 5.81. The van der Waals surface area contributed by atoms with Gasteiger partial charge in [0, 0.05) is 6.04 Å². The lowest BCUT2D eigenvalue weighted by Crippen LogP contribution is -2.36. The maximum Gasteiger partial charge on any atom is 0.119 e. The Hall–Kier alpha value is -1.02. The first-order valence-electron chi connectivity index (χ1n) is 7.18. The van der Waals surface area contributed by atoms with Crippen molar-refractivity contribution in [1.29, 1.82) is 0 Å². The molecule has 1 fully saturated rings. The van der Waals surface area contributed by atoms with Crippen molar-refractivity contribution >= 4 is 0 Å². The van der Waals surface area contributed by atoms with E-state index in [2.05, 4.69) is 19.2 Å². The first-order chi connectivity index (χ1) is 8.77. The molecular weight excluding hydrogens is 222 g/mol. The average molecular weight is 247 g/mol. The van der Waals surface area contributed by atoms with Crippen LogP contribution in [0.3, 0.4) is 0 Å². The lowest BCUT2D eigenvalue weighted by Gasteiger charge is -2.24. The number of rotatable bonds is 8. The summed E-state index contributed by atoms with van der Waals surface area (Å²) >= 11 is 0. The topological polar surface area (TPSA) is 21.3 Å². The number of nitrogens with one attached hydrogen (secondary N) is 1. The third-order valence-electron chi connectivity index (χ3n) is 4.12. The Morgan fingerprint density at radius 2 is 2.00 bits per heavy atom. The van der Waals surface area contributed by atoms with Gasteiger partial charge in [-0.2, -0.15) is 0 Å². The Labute approximate surface area is 111 Å². The van der Waals surface area contributed by atoms with Crippen molar-refractivity contribution in [1.82, 2.24) is 5.32 Å². The number of para-hydroxylation sites is 1. The second-order valence-corrected chi connectivity index (χ2v) is 5.45. The summed E-state index contributed by atoms with van der Waals surface area (Å²) in [7, 11) is 0. The zero-order valence-corrected chi connectivity index (χ0v) is 11.6. The Morgan fingerprint density at radius 3 is 2.61 bits per heavy atom. The SMILES string of the molecule is CCCNC(C)C1(CCOc2ccccc2)CC1. The highest BCUT2D eigenvalue weighted by atomic mass is 16.5. The van der Waals surface area contributed by atoms with E-state index in [1.54, 1.807) is 0 Å². The van der Waals surface area contributed by atoms with Gasteiger partial charge in [-0.1, -0.05) is 25.1 Å². The van der Waals surface area contributed by atoms with E-state index >= 15 is 0 Å². The molecule has 1 aliphatic rings. The molecule has 0 amide bonds. The zero-order valence-electron chi connectivity index (χ0n) is 11.6. The minimum absolute atomic E-state index is 0.504. The van der Waals surface area contributed by atoms with E-state index in [9.17, 15) is 0 Å². The van der Waals surface area contributed by atoms with Crippen molar-refractivity contribution in [2.45, 2.75) is 45.6 Å². The smallest absolute Gasteiger partial charge is 0.119 e. The van der Waals surface area contributed by atoms with Crippen LogP contribution in [0.15, 0.2) is 30.3 Å². The van der Waals surface area contributed by atoms with Gasteiger partial charge >= 0.3 is 0 Å². The fourth-order valence-electron chi connectivity index (χ4n) is 2.53. The largest absolute Gasteiger partial charge is 0.494 e. The van der Waals surface area contributed by atoms with Crippen LogP contribution in [0.2, 0.25) is 0 Å². The van der Waals surface area contributed by atoms with Crippen LogP contribution in [-0.4, -0.2) is 19.2 Å². The van der Waals surface area contributed by atoms with E-state index in [1.807, 2.05) is 30.3 Å². The van der Waals surface area contributed by atoms with Gasteiger partial charge in [-0.05, 0) is 56.7 Å². The van der Waals surface area contributed by atoms with Gasteiger partial charge < -0.3 is 10.1 Å². The molecule has 0 heterocycles. The third-order valence-corrected chi connectivity index (χ3v) is 4.12. The molecule has 1 N–H and O–H groups in total. The summed E-state index contributed by atoms with van der Waals surface area (Å²) in [6, 6.07) is 10.7. The molecule has 2 heteroatoms. The molecular formula is C16H25NO. The second kappa shape index (κ2) is 6.24. The highest BCUT2D eigenvalue weighted by Crippen LogP contribution is 2.51. The number of hydrogen-bond acceptors (Lipinski definition) is 2. The normalized spacial score (nSPS) is 18.3. The molecule has 1 atom stereocenters. The summed E-state index contributed by atoms with van der Waals surface area (Å²) in [6.45, 7) is 6.51. The maximum absolute atomic E-state index is 5.81. The van der Waals surface area contributed by atoms with Crippen molar-refractivity contribution in [2.24, 2.45) is 5.41 Å². The summed E-state index contributed by atoms with van der Waals surface area (Å²) in [6.07, 6.45) is 5.08. The minimum atomic E-state index is 0.504. The average Bonchev–Trinajstić information content (AvgIpc) is 3.18. The fraction of sp³-hybridized carbons (Fsp3) is 0.625. The standard InChI is InChI=1S/C16H25NO/c1-3-12-17-14(2)16(9-10-16)11-13-18-15-7-5-4-6-8-15/h4-8,14,17H,3,9-13H2,1-2H3. The summed E-state index contributed by atoms with van der Waals surface area (Å²) < 4.78 is 5.81. The molecule has 1 aromatic carbocycles. The van der Waals surface area contributed by atoms with Crippen LogP contribution in [-0.2, 0) is 0 Å². The lowest BCUT2D eigenvalue weighted by molar-refractivity contribution is 0.238. The van der Waals surface area contributed by atoms with Crippen LogP contribution in [0.4, 0.5) is 0 Å². The van der Waals surface area contributed by atoms with Gasteiger partial charge in [-0.3, -0.25) is 0 Å². The van der Waals surface area contributed by atoms with Crippen LogP contribution >= 0.6 is 0 Å². The number of benzene rings is 1. The molecule has 0 bridgehead atoms. The molecule has 2 nitrogen and oxygen atoms in total. The Kier molecular flexibility index (Phi) is 4.65. The number of ether oxygens (including phenoxy) is 1. The van der Waals surface area contributed by atoms with Gasteiger partial charge in [0.15, 0.2) is 0 Å². The summed E-state index contributed by atoms with van der Waals surface area (Å²) in [5.74, 6) is 0.988. The molecule has 18 heavy (non-hydrogen) atoms. The first kappa shape index (κ1) is 13.4. The molecule has 100 valence electrons. The highest BCUT2D eigenvalue weighted by molar-refractivity contribution is 5.20. The molecule has 2 rings (SSSR count). The summed E-state index contributed by atoms with van der Waals surface area (Å²) in [5, 5.41) is 3.63. The summed E-state index contributed by atoms with van der Waals surface area (Å²) in [4.78, 5) is 0. The first-order valence-corrected chi connectivity index (χ1v) is 7.18. The molecule has 0 radical (unpaired) electrons. The van der Waals surface area contributed by atoms with Crippen molar-refractivity contribution in [3.63, 3.8) is 0 Å². The molecule has 0 saturated heterocycles. The van der Waals surface area contributed by atoms with Crippen LogP contribution in [0.1, 0.15) is 39.5 Å². The Morgan fingerprint density at radius 1 is 1.28 bits per heavy atom. The minimum Gasteiger partial charge on any atom is -0.494 e. The van der Waals surface area contributed by atoms with Crippen molar-refractivity contribution in [3.8, 4) is 5.75 Å². The molecule has 1 saturated carbocycles. The van der Waals surface area contributed by atoms with Crippen LogP contribution in [0, 0.1) is 5.41 Å². The fourth-order valence-corrected chi connectivity index (χ4v) is 2.53. The Bertz CT molecular complexity index is 345. The molecule has 1 unspecified atom stereocenters. The van der Waals surface area contributed by atoms with Crippen molar-refractivity contribution in [2.75, 3.05) is 13.2 Å². The predicted octanol–water partition coefficient (Wildman–Crippen LogP) is 3.62. The van der Waals surface area contributed by atoms with Crippen LogP contribution < -0.4 is 10.1 Å². The highest BCUT2D eigenvalue weighted by Gasteiger charge is 2.46. The predicted molar refractivity (Wildman–Crippen MR) is 76.0 cm³/mol. The van der Waals surface area contributed by atoms with E-state index in [-0.39, 0.29) is 0 Å². The molecule has 0 spiro atoms. The van der Waals surface area contributed by atoms with E-state index in [0.29, 0.717) is 11.5 Å². The third kappa shape index (κ3) is 3.49. The van der Waals surface area contributed by atoms with Gasteiger partial charge in [0.1, 0.15) is 5.75 Å². The van der Waals surface area contributed by atoms with Crippen molar-refractivity contribution < 1.29 is 4.74 Å². The van der Waals surface area contributed by atoms with E-state index in [1.165, 1.54) is 25.7 Å². The molecule has 0 aromatic heterocycles. The van der Waals surface area contributed by atoms with Gasteiger partial charge in [0.25, 0.3) is 0 Å². The van der Waals surface area contributed by atoms with E-state index < -0.39 is 0 Å². The van der Waals surface area contributed by atoms with Gasteiger partial charge in [-0.15, -0.1) is 0 Å². The Balaban J connectivity index is 1.73. The van der Waals surface area contributed by atoms with Gasteiger partial charge in [0.05, 0.1) is 6.61 Å². The van der Waals surface area contributed by atoms with Crippen molar-refractivity contribution in [3.05, 3.63) is 30.3 Å². The second-order valence-electron chi connectivity index (χ2n) is 5.45. The van der Waals surface area contributed by atoms with Crippen LogP contribution in [0.5, 0.6) is 5.75 Å². The molecule has 1 aromatic rings. The number of hydrogen-bond donors (Lipinski definition) is 1. The van der Waals surface area contributed by atoms with Crippen LogP contribution in [0.25, 0.3) is 0 Å². The quantitative estimate of drug-likeness (QED) is 0.757. The summed E-state index contributed by atoms with van der Waals surface area (Å²) in [5.41, 5.74) is 0.504. The van der Waals surface area contributed by atoms with Gasteiger partial charge in [-0.25, -0.2) is 0 Å². The monoisotopic (exact) mass is 247 g/mol. The zero-order chi connectivity index (χ0) is 12.8. The lowest BCUT2D eigenvalue weighted by atomic mass is 9.94.